The van der Waals surface area contributed by atoms with Gasteiger partial charge in [0.25, 0.3) is 17.8 Å². The lowest BCUT2D eigenvalue weighted by molar-refractivity contribution is 0.0978. The molecule has 2 unspecified atom stereocenters. The molecule has 54 heavy (non-hydrogen) atoms. The maximum atomic E-state index is 12.8. The zero-order valence-corrected chi connectivity index (χ0v) is 29.2. The molecule has 15 heteroatoms. The second-order valence-corrected chi connectivity index (χ2v) is 14.3. The number of aromatic amines is 3. The van der Waals surface area contributed by atoms with E-state index in [0.29, 0.717) is 36.7 Å². The fourth-order valence-corrected chi connectivity index (χ4v) is 6.13. The fourth-order valence-electron chi connectivity index (χ4n) is 6.13. The lowest BCUT2D eigenvalue weighted by Gasteiger charge is -1.98. The minimum Gasteiger partial charge on any atom is -0.346 e. The summed E-state index contributed by atoms with van der Waals surface area (Å²) in [6.45, 7) is 0. The van der Waals surface area contributed by atoms with Crippen molar-refractivity contribution in [1.82, 2.24) is 44.9 Å². The van der Waals surface area contributed by atoms with Crippen LogP contribution in [0.3, 0.4) is 0 Å². The van der Waals surface area contributed by atoms with Gasteiger partial charge >= 0.3 is 0 Å². The van der Waals surface area contributed by atoms with Gasteiger partial charge in [-0.3, -0.25) is 15.0 Å². The van der Waals surface area contributed by atoms with E-state index in [1.807, 2.05) is 36.4 Å². The number of imidazole rings is 3. The minimum atomic E-state index is -2.47. The second-order valence-electron chi connectivity index (χ2n) is 14.3. The van der Waals surface area contributed by atoms with Crippen LogP contribution in [0.1, 0.15) is 70.5 Å². The van der Waals surface area contributed by atoms with E-state index in [-0.39, 0.29) is 19.3 Å². The van der Waals surface area contributed by atoms with E-state index in [0.717, 1.165) is 53.0 Å². The van der Waals surface area contributed by atoms with E-state index >= 15 is 0 Å². The van der Waals surface area contributed by atoms with Crippen molar-refractivity contribution in [2.45, 2.75) is 75.6 Å². The Morgan fingerprint density at radius 3 is 0.907 bits per heavy atom. The van der Waals surface area contributed by atoms with Crippen molar-refractivity contribution in [3.63, 3.8) is 0 Å². The standard InChI is InChI=1S/3C13H13F2N3/c3*14-13(15)7-10(13)6-12-17-8-11(18-12)5-9-1-3-16-4-2-9/h3*1-4,8,10H,5-7H2,(H,17,18)/t10-;;/m0../s1. The van der Waals surface area contributed by atoms with Crippen LogP contribution >= 0.6 is 0 Å². The van der Waals surface area contributed by atoms with Crippen LogP contribution in [0, 0.1) is 17.8 Å². The predicted octanol–water partition coefficient (Wildman–Crippen LogP) is 7.78. The smallest absolute Gasteiger partial charge is 0.252 e. The molecule has 0 radical (unpaired) electrons. The molecule has 3 aliphatic carbocycles. The van der Waals surface area contributed by atoms with E-state index in [1.54, 1.807) is 55.8 Å². The average Bonchev–Trinajstić information content (AvgIpc) is 3.81. The van der Waals surface area contributed by atoms with Crippen molar-refractivity contribution in [1.29, 1.82) is 0 Å². The van der Waals surface area contributed by atoms with E-state index in [9.17, 15) is 26.3 Å². The number of pyridine rings is 3. The lowest BCUT2D eigenvalue weighted by atomic mass is 10.1. The van der Waals surface area contributed by atoms with Gasteiger partial charge in [0.05, 0.1) is 0 Å². The summed E-state index contributed by atoms with van der Waals surface area (Å²) in [6.07, 6.45) is 18.7. The van der Waals surface area contributed by atoms with E-state index in [4.69, 9.17) is 0 Å². The molecule has 0 saturated heterocycles. The Labute approximate surface area is 307 Å². The molecule has 9 nitrogen and oxygen atoms in total. The molecule has 6 heterocycles. The maximum absolute atomic E-state index is 12.8. The third-order valence-corrected chi connectivity index (χ3v) is 9.66. The fraction of sp³-hybridized carbons (Fsp3) is 0.385. The number of halogens is 6. The van der Waals surface area contributed by atoms with Gasteiger partial charge in [0.2, 0.25) is 0 Å². The number of H-pyrrole nitrogens is 3. The first kappa shape index (κ1) is 37.0. The van der Waals surface area contributed by atoms with E-state index in [2.05, 4.69) is 44.9 Å². The molecule has 6 aromatic heterocycles. The molecule has 0 aromatic carbocycles. The Morgan fingerprint density at radius 2 is 0.685 bits per heavy atom. The summed E-state index contributed by atoms with van der Waals surface area (Å²) in [5.74, 6) is -7.05. The summed E-state index contributed by atoms with van der Waals surface area (Å²) in [5, 5.41) is 0. The van der Waals surface area contributed by atoms with Crippen molar-refractivity contribution in [2.24, 2.45) is 17.8 Å². The Hall–Kier alpha value is -5.34. The van der Waals surface area contributed by atoms with Crippen molar-refractivity contribution in [3.8, 4) is 0 Å². The molecule has 6 aromatic rings. The van der Waals surface area contributed by atoms with Crippen LogP contribution in [0.4, 0.5) is 26.3 Å². The van der Waals surface area contributed by atoms with Gasteiger partial charge in [-0.25, -0.2) is 41.3 Å². The predicted molar refractivity (Wildman–Crippen MR) is 187 cm³/mol. The normalized spacial score (nSPS) is 20.9. The Balaban J connectivity index is 0.000000125. The molecule has 3 N–H and O–H groups in total. The van der Waals surface area contributed by atoms with Crippen molar-refractivity contribution in [3.05, 3.63) is 143 Å². The molecule has 0 aliphatic heterocycles. The average molecular weight is 748 g/mol. The quantitative estimate of drug-likeness (QED) is 0.110. The van der Waals surface area contributed by atoms with E-state index in [1.165, 1.54) is 0 Å². The molecule has 3 fully saturated rings. The Bertz CT molecular complexity index is 1850. The summed E-state index contributed by atoms with van der Waals surface area (Å²) in [4.78, 5) is 33.6. The highest BCUT2D eigenvalue weighted by Gasteiger charge is 2.58. The summed E-state index contributed by atoms with van der Waals surface area (Å²) < 4.78 is 76.7. The number of hydrogen-bond acceptors (Lipinski definition) is 6. The summed E-state index contributed by atoms with van der Waals surface area (Å²) in [7, 11) is 0. The second kappa shape index (κ2) is 15.6. The maximum Gasteiger partial charge on any atom is 0.252 e. The van der Waals surface area contributed by atoms with Gasteiger partial charge in [-0.1, -0.05) is 0 Å². The topological polar surface area (TPSA) is 125 Å². The van der Waals surface area contributed by atoms with Gasteiger partial charge < -0.3 is 15.0 Å². The Morgan fingerprint density at radius 1 is 0.444 bits per heavy atom. The van der Waals surface area contributed by atoms with Gasteiger partial charge in [-0.2, -0.15) is 0 Å². The van der Waals surface area contributed by atoms with Gasteiger partial charge in [-0.05, 0) is 53.1 Å². The third-order valence-electron chi connectivity index (χ3n) is 9.66. The Kier molecular flexibility index (Phi) is 10.7. The minimum absolute atomic E-state index is 0.00656. The van der Waals surface area contributed by atoms with Crippen molar-refractivity contribution in [2.75, 3.05) is 0 Å². The summed E-state index contributed by atoms with van der Waals surface area (Å²) >= 11 is 0. The monoisotopic (exact) mass is 747 g/mol. The van der Waals surface area contributed by atoms with Gasteiger partial charge in [0.15, 0.2) is 0 Å². The third kappa shape index (κ3) is 10.4. The molecule has 282 valence electrons. The van der Waals surface area contributed by atoms with Crippen LogP contribution in [0.25, 0.3) is 0 Å². The summed E-state index contributed by atoms with van der Waals surface area (Å²) in [5.41, 5.74) is 6.20. The zero-order valence-electron chi connectivity index (χ0n) is 29.2. The molecule has 0 spiro atoms. The highest BCUT2D eigenvalue weighted by atomic mass is 19.3. The van der Waals surface area contributed by atoms with E-state index < -0.39 is 35.5 Å². The highest BCUT2D eigenvalue weighted by Crippen LogP contribution is 2.51. The zero-order chi connectivity index (χ0) is 37.8. The van der Waals surface area contributed by atoms with Crippen LogP contribution in [-0.4, -0.2) is 62.6 Å². The molecule has 0 bridgehead atoms. The van der Waals surface area contributed by atoms with Crippen LogP contribution in [0.15, 0.2) is 92.2 Å². The molecule has 3 saturated carbocycles. The molecule has 0 amide bonds. The molecular weight excluding hydrogens is 708 g/mol. The van der Waals surface area contributed by atoms with Crippen LogP contribution < -0.4 is 0 Å². The van der Waals surface area contributed by atoms with Gasteiger partial charge in [0.1, 0.15) is 17.5 Å². The van der Waals surface area contributed by atoms with Crippen molar-refractivity contribution >= 4 is 0 Å². The number of hydrogen-bond donors (Lipinski definition) is 3. The largest absolute Gasteiger partial charge is 0.346 e. The number of rotatable bonds is 12. The molecule has 3 aliphatic rings. The first-order chi connectivity index (χ1) is 25.9. The van der Waals surface area contributed by atoms with Crippen LogP contribution in [-0.2, 0) is 38.5 Å². The van der Waals surface area contributed by atoms with Gasteiger partial charge in [-0.15, -0.1) is 0 Å². The van der Waals surface area contributed by atoms with Crippen LogP contribution in [0.5, 0.6) is 0 Å². The highest BCUT2D eigenvalue weighted by molar-refractivity contribution is 5.21. The van der Waals surface area contributed by atoms with Crippen LogP contribution in [0.2, 0.25) is 0 Å². The molecule has 3 atom stereocenters. The molecular formula is C39H39F6N9. The number of nitrogens with one attached hydrogen (secondary N) is 3. The van der Waals surface area contributed by atoms with Gasteiger partial charge in [0, 0.05) is 148 Å². The molecule has 9 rings (SSSR count). The SMILES string of the molecule is FC1(F)CC1Cc1ncc(Cc2ccncc2)[nH]1.FC1(F)CC1Cc1ncc(Cc2ccncc2)[nH]1.FC1(F)C[C@@H]1Cc1ncc(Cc2ccncc2)[nH]1. The number of alkyl halides is 6. The summed E-state index contributed by atoms with van der Waals surface area (Å²) in [6, 6.07) is 11.6. The first-order valence-electron chi connectivity index (χ1n) is 17.8. The van der Waals surface area contributed by atoms with Crippen molar-refractivity contribution < 1.29 is 26.3 Å². The number of aromatic nitrogens is 9. The first-order valence-corrected chi connectivity index (χ1v) is 17.8. The lowest BCUT2D eigenvalue weighted by Crippen LogP contribution is -1.99. The number of nitrogens with zero attached hydrogens (tertiary/aromatic N) is 6.